The number of rotatable bonds is 4. The maximum atomic E-state index is 5.53. The van der Waals surface area contributed by atoms with Crippen molar-refractivity contribution in [3.63, 3.8) is 0 Å². The Bertz CT molecular complexity index is 505. The Morgan fingerprint density at radius 2 is 2.00 bits per heavy atom. The molecule has 0 spiro atoms. The molecule has 1 aromatic rings. The number of benzene rings is 1. The molecule has 0 saturated heterocycles. The molecule has 0 N–H and O–H groups in total. The largest absolute Gasteiger partial charge is 0.496 e. The van der Waals surface area contributed by atoms with E-state index in [1.807, 2.05) is 0 Å². The Labute approximate surface area is 135 Å². The molecule has 2 heteroatoms. The highest BCUT2D eigenvalue weighted by Crippen LogP contribution is 2.52. The van der Waals surface area contributed by atoms with Gasteiger partial charge in [0.15, 0.2) is 0 Å². The summed E-state index contributed by atoms with van der Waals surface area (Å²) in [5, 5.41) is 0. The Morgan fingerprint density at radius 1 is 1.33 bits per heavy atom. The average molecular weight is 307 g/mol. The van der Waals surface area contributed by atoms with Crippen molar-refractivity contribution in [3.8, 4) is 5.75 Å². The molecule has 2 rings (SSSR count). The third kappa shape index (κ3) is 3.11. The Balaban J connectivity index is 2.58. The van der Waals surface area contributed by atoms with Crippen LogP contribution in [0.5, 0.6) is 5.75 Å². The second-order valence-electron chi connectivity index (χ2n) is 7.49. The van der Waals surface area contributed by atoms with Gasteiger partial charge in [0.25, 0.3) is 0 Å². The van der Waals surface area contributed by atoms with E-state index in [1.165, 1.54) is 30.4 Å². The van der Waals surface area contributed by atoms with Gasteiger partial charge in [-0.15, -0.1) is 12.6 Å². The molecule has 1 aliphatic carbocycles. The minimum Gasteiger partial charge on any atom is -0.496 e. The summed E-state index contributed by atoms with van der Waals surface area (Å²) in [6.45, 7) is 11.9. The molecular formula is C19H30OS. The fourth-order valence-electron chi connectivity index (χ4n) is 3.95. The van der Waals surface area contributed by atoms with Crippen molar-refractivity contribution in [2.75, 3.05) is 7.11 Å². The summed E-state index contributed by atoms with van der Waals surface area (Å²) >= 11 is 4.57. The molecule has 0 aromatic heterocycles. The zero-order valence-corrected chi connectivity index (χ0v) is 15.3. The zero-order chi connectivity index (χ0) is 15.8. The molecule has 0 fully saturated rings. The number of ether oxygens (including phenoxy) is 1. The highest BCUT2D eigenvalue weighted by atomic mass is 32.1. The number of methoxy groups -OCH3 is 1. The van der Waals surface area contributed by atoms with Crippen molar-refractivity contribution in [2.24, 2.45) is 17.3 Å². The summed E-state index contributed by atoms with van der Waals surface area (Å²) in [6.07, 6.45) is 3.66. The van der Waals surface area contributed by atoms with Crippen LogP contribution in [0, 0.1) is 17.3 Å². The summed E-state index contributed by atoms with van der Waals surface area (Å²) in [6, 6.07) is 4.49. The topological polar surface area (TPSA) is 9.23 Å². The highest BCUT2D eigenvalue weighted by molar-refractivity contribution is 7.80. The molecule has 1 aliphatic rings. The minimum atomic E-state index is 0.313. The van der Waals surface area contributed by atoms with Crippen LogP contribution in [0.2, 0.25) is 0 Å². The SMILES string of the molecule is CCC(C)(C)C1c2cc(OC)c(S)cc2CCC1C(C)C. The first-order valence-electron chi connectivity index (χ1n) is 8.21. The van der Waals surface area contributed by atoms with Crippen LogP contribution in [-0.4, -0.2) is 7.11 Å². The molecule has 21 heavy (non-hydrogen) atoms. The number of hydrogen-bond donors (Lipinski definition) is 1. The maximum Gasteiger partial charge on any atom is 0.132 e. The highest BCUT2D eigenvalue weighted by Gasteiger charge is 2.40. The fraction of sp³-hybridized carbons (Fsp3) is 0.684. The van der Waals surface area contributed by atoms with Crippen LogP contribution in [0.4, 0.5) is 0 Å². The third-order valence-corrected chi connectivity index (χ3v) is 5.91. The molecular weight excluding hydrogens is 276 g/mol. The van der Waals surface area contributed by atoms with Crippen LogP contribution in [0.15, 0.2) is 17.0 Å². The lowest BCUT2D eigenvalue weighted by Gasteiger charge is -2.45. The van der Waals surface area contributed by atoms with Gasteiger partial charge in [0.05, 0.1) is 7.11 Å². The van der Waals surface area contributed by atoms with Gasteiger partial charge in [0, 0.05) is 4.90 Å². The molecule has 0 heterocycles. The lowest BCUT2D eigenvalue weighted by molar-refractivity contribution is 0.148. The van der Waals surface area contributed by atoms with Gasteiger partial charge >= 0.3 is 0 Å². The standard InChI is InChI=1S/C19H30OS/c1-7-19(4,5)18-14(12(2)3)9-8-13-10-17(21)16(20-6)11-15(13)18/h10-12,14,18,21H,7-9H2,1-6H3. The first-order chi connectivity index (χ1) is 9.81. The summed E-state index contributed by atoms with van der Waals surface area (Å²) in [4.78, 5) is 0.965. The molecule has 0 aliphatic heterocycles. The minimum absolute atomic E-state index is 0.313. The van der Waals surface area contributed by atoms with E-state index in [0.717, 1.165) is 22.5 Å². The van der Waals surface area contributed by atoms with Gasteiger partial charge in [0.1, 0.15) is 5.75 Å². The molecule has 2 atom stereocenters. The second-order valence-corrected chi connectivity index (χ2v) is 7.97. The van der Waals surface area contributed by atoms with E-state index in [4.69, 9.17) is 4.74 Å². The number of fused-ring (bicyclic) bond motifs is 1. The summed E-state index contributed by atoms with van der Waals surface area (Å²) in [5.41, 5.74) is 3.29. The number of aryl methyl sites for hydroxylation is 1. The van der Waals surface area contributed by atoms with Crippen molar-refractivity contribution in [1.82, 2.24) is 0 Å². The van der Waals surface area contributed by atoms with E-state index in [0.29, 0.717) is 11.3 Å². The molecule has 0 saturated carbocycles. The van der Waals surface area contributed by atoms with Crippen molar-refractivity contribution >= 4 is 12.6 Å². The van der Waals surface area contributed by atoms with E-state index < -0.39 is 0 Å². The van der Waals surface area contributed by atoms with Gasteiger partial charge in [-0.25, -0.2) is 0 Å². The summed E-state index contributed by atoms with van der Waals surface area (Å²) in [5.74, 6) is 2.99. The predicted octanol–water partition coefficient (Wildman–Crippen LogP) is 5.72. The lowest BCUT2D eigenvalue weighted by Crippen LogP contribution is -2.35. The molecule has 0 radical (unpaired) electrons. The average Bonchev–Trinajstić information content (AvgIpc) is 2.44. The molecule has 0 amide bonds. The van der Waals surface area contributed by atoms with E-state index in [1.54, 1.807) is 7.11 Å². The molecule has 0 bridgehead atoms. The lowest BCUT2D eigenvalue weighted by atomic mass is 9.59. The van der Waals surface area contributed by atoms with Gasteiger partial charge < -0.3 is 4.74 Å². The number of thiol groups is 1. The van der Waals surface area contributed by atoms with Gasteiger partial charge in [-0.05, 0) is 59.3 Å². The summed E-state index contributed by atoms with van der Waals surface area (Å²) in [7, 11) is 1.74. The second kappa shape index (κ2) is 6.24. The third-order valence-electron chi connectivity index (χ3n) is 5.56. The van der Waals surface area contributed by atoms with Crippen LogP contribution < -0.4 is 4.74 Å². The van der Waals surface area contributed by atoms with Crippen LogP contribution in [0.3, 0.4) is 0 Å². The van der Waals surface area contributed by atoms with Crippen LogP contribution >= 0.6 is 12.6 Å². The fourth-order valence-corrected chi connectivity index (χ4v) is 4.27. The van der Waals surface area contributed by atoms with E-state index in [9.17, 15) is 0 Å². The smallest absolute Gasteiger partial charge is 0.132 e. The van der Waals surface area contributed by atoms with Gasteiger partial charge in [-0.2, -0.15) is 0 Å². The molecule has 118 valence electrons. The first kappa shape index (κ1) is 16.7. The monoisotopic (exact) mass is 306 g/mol. The zero-order valence-electron chi connectivity index (χ0n) is 14.4. The van der Waals surface area contributed by atoms with Crippen molar-refractivity contribution in [1.29, 1.82) is 0 Å². The normalized spacial score (nSPS) is 22.3. The maximum absolute atomic E-state index is 5.53. The van der Waals surface area contributed by atoms with Crippen molar-refractivity contribution in [3.05, 3.63) is 23.3 Å². The Hall–Kier alpha value is -0.630. The first-order valence-corrected chi connectivity index (χ1v) is 8.66. The van der Waals surface area contributed by atoms with E-state index in [-0.39, 0.29) is 0 Å². The Morgan fingerprint density at radius 3 is 2.52 bits per heavy atom. The van der Waals surface area contributed by atoms with Crippen LogP contribution in [-0.2, 0) is 6.42 Å². The van der Waals surface area contributed by atoms with Crippen LogP contribution in [0.1, 0.15) is 64.5 Å². The van der Waals surface area contributed by atoms with Gasteiger partial charge in [-0.3, -0.25) is 0 Å². The van der Waals surface area contributed by atoms with Gasteiger partial charge in [-0.1, -0.05) is 41.0 Å². The van der Waals surface area contributed by atoms with E-state index >= 15 is 0 Å². The summed E-state index contributed by atoms with van der Waals surface area (Å²) < 4.78 is 5.53. The van der Waals surface area contributed by atoms with E-state index in [2.05, 4.69) is 59.4 Å². The Kier molecular flexibility index (Phi) is 4.97. The van der Waals surface area contributed by atoms with Crippen molar-refractivity contribution in [2.45, 2.75) is 64.7 Å². The molecule has 1 nitrogen and oxygen atoms in total. The predicted molar refractivity (Wildman–Crippen MR) is 93.7 cm³/mol. The molecule has 2 unspecified atom stereocenters. The number of hydrogen-bond acceptors (Lipinski definition) is 2. The van der Waals surface area contributed by atoms with Crippen molar-refractivity contribution < 1.29 is 4.74 Å². The quantitative estimate of drug-likeness (QED) is 0.700. The van der Waals surface area contributed by atoms with Crippen LogP contribution in [0.25, 0.3) is 0 Å². The molecule has 1 aromatic carbocycles. The van der Waals surface area contributed by atoms with Gasteiger partial charge in [0.2, 0.25) is 0 Å².